The van der Waals surface area contributed by atoms with Gasteiger partial charge in [-0.1, -0.05) is 0 Å². The fourth-order valence-corrected chi connectivity index (χ4v) is 3.03. The van der Waals surface area contributed by atoms with Crippen molar-refractivity contribution in [3.63, 3.8) is 0 Å². The summed E-state index contributed by atoms with van der Waals surface area (Å²) >= 11 is 0.220. The Morgan fingerprint density at radius 2 is 1.68 bits per heavy atom. The van der Waals surface area contributed by atoms with Crippen molar-refractivity contribution in [1.29, 1.82) is 0 Å². The Bertz CT molecular complexity index is 359. The number of hydrogen-bond acceptors (Lipinski definition) is 3. The van der Waals surface area contributed by atoms with Gasteiger partial charge in [0.1, 0.15) is 0 Å². The van der Waals surface area contributed by atoms with Crippen molar-refractivity contribution < 1.29 is 14.2 Å². The van der Waals surface area contributed by atoms with E-state index in [1.54, 1.807) is 0 Å². The summed E-state index contributed by atoms with van der Waals surface area (Å²) in [6.07, 6.45) is -0.388. The molecule has 0 amide bonds. The van der Waals surface area contributed by atoms with E-state index >= 15 is 0 Å². The van der Waals surface area contributed by atoms with Crippen LogP contribution < -0.4 is 4.46 Å². The summed E-state index contributed by atoms with van der Waals surface area (Å²) in [5, 5.41) is 0. The van der Waals surface area contributed by atoms with E-state index < -0.39 is 0 Å². The Balaban J connectivity index is 2.73. The first-order valence-electron chi connectivity index (χ1n) is 6.59. The molecule has 0 spiro atoms. The van der Waals surface area contributed by atoms with Crippen LogP contribution in [0.25, 0.3) is 0 Å². The first kappa shape index (κ1) is 16.3. The molecule has 0 aromatic heterocycles. The average Bonchev–Trinajstić information content (AvgIpc) is 2.44. The monoisotopic (exact) mass is 330 g/mol. The fraction of sp³-hybridized carbons (Fsp3) is 0.467. The van der Waals surface area contributed by atoms with Crippen LogP contribution in [-0.2, 0) is 14.2 Å². The molecule has 106 valence electrons. The van der Waals surface area contributed by atoms with Crippen LogP contribution in [-0.4, -0.2) is 41.1 Å². The minimum absolute atomic E-state index is 0.220. The first-order valence-corrected chi connectivity index (χ1v) is 8.44. The van der Waals surface area contributed by atoms with Crippen LogP contribution in [0.15, 0.2) is 41.1 Å². The van der Waals surface area contributed by atoms with E-state index in [4.69, 9.17) is 14.2 Å². The summed E-state index contributed by atoms with van der Waals surface area (Å²) in [6.45, 7) is 7.71. The van der Waals surface area contributed by atoms with Crippen LogP contribution >= 0.6 is 0 Å². The third kappa shape index (κ3) is 6.26. The molecule has 0 saturated carbocycles. The molecule has 1 rings (SSSR count). The Kier molecular flexibility index (Phi) is 8.59. The number of benzene rings is 1. The van der Waals surface area contributed by atoms with E-state index in [9.17, 15) is 0 Å². The third-order valence-electron chi connectivity index (χ3n) is 2.23. The van der Waals surface area contributed by atoms with Gasteiger partial charge in [0.2, 0.25) is 0 Å². The van der Waals surface area contributed by atoms with E-state index in [2.05, 4.69) is 17.1 Å². The molecule has 0 bridgehead atoms. The maximum absolute atomic E-state index is 5.66. The second kappa shape index (κ2) is 10.0. The molecule has 0 radical (unpaired) electrons. The topological polar surface area (TPSA) is 27.7 Å². The molecule has 1 aromatic carbocycles. The second-order valence-corrected chi connectivity index (χ2v) is 5.60. The van der Waals surface area contributed by atoms with Gasteiger partial charge < -0.3 is 0 Å². The zero-order valence-electron chi connectivity index (χ0n) is 11.8. The van der Waals surface area contributed by atoms with Crippen molar-refractivity contribution in [2.24, 2.45) is 0 Å². The van der Waals surface area contributed by atoms with Gasteiger partial charge in [-0.2, -0.15) is 0 Å². The molecule has 0 saturated heterocycles. The Morgan fingerprint density at radius 1 is 1.05 bits per heavy atom. The van der Waals surface area contributed by atoms with Gasteiger partial charge in [-0.05, 0) is 0 Å². The van der Waals surface area contributed by atoms with Crippen molar-refractivity contribution in [3.8, 4) is 0 Å². The molecule has 0 aliphatic carbocycles. The van der Waals surface area contributed by atoms with Crippen LogP contribution in [0.5, 0.6) is 0 Å². The van der Waals surface area contributed by atoms with E-state index in [-0.39, 0.29) is 21.2 Å². The third-order valence-corrected chi connectivity index (χ3v) is 4.11. The number of hydrogen-bond donors (Lipinski definition) is 0. The van der Waals surface area contributed by atoms with Crippen molar-refractivity contribution in [1.82, 2.24) is 0 Å². The molecule has 0 aliphatic rings. The molecule has 0 aliphatic heterocycles. The second-order valence-electron chi connectivity index (χ2n) is 3.63. The summed E-state index contributed by atoms with van der Waals surface area (Å²) < 4.78 is 18.1. The standard InChI is InChI=1S/C15H22O3Se/c1-4-16-14(15(17-5-2)18-6-3)12-19-13-10-8-7-9-11-13/h7-12,15H,4-6H2,1-3H3/b14-12-. The quantitative estimate of drug-likeness (QED) is 0.395. The van der Waals surface area contributed by atoms with E-state index in [1.807, 2.05) is 39.0 Å². The Labute approximate surface area is 122 Å². The summed E-state index contributed by atoms with van der Waals surface area (Å²) in [5.41, 5.74) is 0. The van der Waals surface area contributed by atoms with Crippen LogP contribution in [0, 0.1) is 0 Å². The molecule has 3 nitrogen and oxygen atoms in total. The molecular weight excluding hydrogens is 307 g/mol. The first-order chi connectivity index (χ1) is 9.31. The average molecular weight is 329 g/mol. The van der Waals surface area contributed by atoms with E-state index in [1.165, 1.54) is 4.46 Å². The van der Waals surface area contributed by atoms with Gasteiger partial charge in [0.15, 0.2) is 0 Å². The summed E-state index contributed by atoms with van der Waals surface area (Å²) in [4.78, 5) is 2.10. The van der Waals surface area contributed by atoms with Crippen molar-refractivity contribution in [2.45, 2.75) is 27.1 Å². The summed E-state index contributed by atoms with van der Waals surface area (Å²) in [6, 6.07) is 10.4. The van der Waals surface area contributed by atoms with Crippen LogP contribution in [0.1, 0.15) is 20.8 Å². The maximum atomic E-state index is 5.66. The predicted octanol–water partition coefficient (Wildman–Crippen LogP) is 2.29. The zero-order chi connectivity index (χ0) is 13.9. The molecule has 19 heavy (non-hydrogen) atoms. The molecule has 0 heterocycles. The number of ether oxygens (including phenoxy) is 3. The van der Waals surface area contributed by atoms with Gasteiger partial charge in [0, 0.05) is 0 Å². The molecule has 0 fully saturated rings. The van der Waals surface area contributed by atoms with Gasteiger partial charge in [0.05, 0.1) is 0 Å². The summed E-state index contributed by atoms with van der Waals surface area (Å²) in [5.74, 6) is 0.787. The number of rotatable bonds is 9. The van der Waals surface area contributed by atoms with E-state index in [0.717, 1.165) is 5.76 Å². The zero-order valence-corrected chi connectivity index (χ0v) is 13.5. The van der Waals surface area contributed by atoms with Gasteiger partial charge >= 0.3 is 122 Å². The van der Waals surface area contributed by atoms with Crippen molar-refractivity contribution in [3.05, 3.63) is 41.1 Å². The van der Waals surface area contributed by atoms with Gasteiger partial charge in [-0.15, -0.1) is 0 Å². The minimum atomic E-state index is -0.388. The van der Waals surface area contributed by atoms with E-state index in [0.29, 0.717) is 19.8 Å². The van der Waals surface area contributed by atoms with Gasteiger partial charge in [-0.3, -0.25) is 0 Å². The molecule has 4 heteroatoms. The SMILES string of the molecule is CCO/C(=C\[Se]c1ccccc1)C(OCC)OCC. The molecule has 0 atom stereocenters. The van der Waals surface area contributed by atoms with Gasteiger partial charge in [0.25, 0.3) is 0 Å². The van der Waals surface area contributed by atoms with Crippen LogP contribution in [0.3, 0.4) is 0 Å². The van der Waals surface area contributed by atoms with Crippen LogP contribution in [0.4, 0.5) is 0 Å². The molecule has 1 aromatic rings. The Morgan fingerprint density at radius 3 is 2.21 bits per heavy atom. The van der Waals surface area contributed by atoms with Gasteiger partial charge in [-0.25, -0.2) is 0 Å². The molecule has 0 unspecified atom stereocenters. The molecular formula is C15H22O3Se. The normalized spacial score (nSPS) is 11.9. The fourth-order valence-electron chi connectivity index (χ4n) is 1.46. The summed E-state index contributed by atoms with van der Waals surface area (Å²) in [7, 11) is 0. The predicted molar refractivity (Wildman–Crippen MR) is 78.6 cm³/mol. The van der Waals surface area contributed by atoms with Crippen molar-refractivity contribution in [2.75, 3.05) is 19.8 Å². The van der Waals surface area contributed by atoms with Crippen molar-refractivity contribution >= 4 is 19.4 Å². The Hall–Kier alpha value is -0.801. The van der Waals surface area contributed by atoms with Crippen LogP contribution in [0.2, 0.25) is 0 Å². The molecule has 0 N–H and O–H groups in total.